The van der Waals surface area contributed by atoms with Gasteiger partial charge < -0.3 is 4.89 Å². The topological polar surface area (TPSA) is 37.3 Å². The molecule has 0 aliphatic heterocycles. The van der Waals surface area contributed by atoms with Crippen LogP contribution in [0, 0.1) is 0 Å². The van der Waals surface area contributed by atoms with Gasteiger partial charge in [0.05, 0.1) is 0 Å². The molecule has 2 nitrogen and oxygen atoms in total. The van der Waals surface area contributed by atoms with Crippen LogP contribution in [0.25, 0.3) is 0 Å². The van der Waals surface area contributed by atoms with Gasteiger partial charge in [0.15, 0.2) is 8.03 Å². The summed E-state index contributed by atoms with van der Waals surface area (Å²) < 4.78 is 10.1. The Labute approximate surface area is 86.9 Å². The van der Waals surface area contributed by atoms with Crippen LogP contribution in [0.4, 0.5) is 0 Å². The minimum absolute atomic E-state index is 0. The summed E-state index contributed by atoms with van der Waals surface area (Å²) in [6.07, 6.45) is 3.62. The third-order valence-electron chi connectivity index (χ3n) is 0.994. The van der Waals surface area contributed by atoms with Crippen LogP contribution in [0.3, 0.4) is 0 Å². The second-order valence-electron chi connectivity index (χ2n) is 1.85. The first-order valence-electron chi connectivity index (χ1n) is 2.99. The normalized spacial score (nSPS) is 12.2. The zero-order valence-corrected chi connectivity index (χ0v) is 6.18. The summed E-state index contributed by atoms with van der Waals surface area (Å²) in [7, 11) is -2.16. The SMILES string of the molecule is CCCCC[PH](=O)O.[CaH2]. The van der Waals surface area contributed by atoms with Crippen molar-refractivity contribution in [3.8, 4) is 0 Å². The van der Waals surface area contributed by atoms with Crippen molar-refractivity contribution in [2.45, 2.75) is 26.2 Å². The zero-order chi connectivity index (χ0) is 6.41. The van der Waals surface area contributed by atoms with E-state index in [9.17, 15) is 4.57 Å². The summed E-state index contributed by atoms with van der Waals surface area (Å²) in [5.74, 6) is 0. The molecule has 0 aliphatic carbocycles. The molecule has 0 aliphatic rings. The Kier molecular flexibility index (Phi) is 13.7. The van der Waals surface area contributed by atoms with E-state index < -0.39 is 8.03 Å². The van der Waals surface area contributed by atoms with Gasteiger partial charge in [-0.05, 0) is 6.42 Å². The third kappa shape index (κ3) is 12.6. The van der Waals surface area contributed by atoms with Crippen molar-refractivity contribution < 1.29 is 9.46 Å². The summed E-state index contributed by atoms with van der Waals surface area (Å²) in [5.41, 5.74) is 0. The molecule has 1 atom stereocenters. The second kappa shape index (κ2) is 9.45. The van der Waals surface area contributed by atoms with Crippen molar-refractivity contribution in [1.82, 2.24) is 0 Å². The van der Waals surface area contributed by atoms with Gasteiger partial charge in [-0.1, -0.05) is 19.8 Å². The minimum atomic E-state index is -2.16. The second-order valence-corrected chi connectivity index (χ2v) is 3.14. The van der Waals surface area contributed by atoms with E-state index in [-0.39, 0.29) is 37.7 Å². The standard InChI is InChI=1S/C5H13O2P.Ca.2H/c1-2-3-4-5-8(6)7;;;/h8H,2-5H2,1H3,(H,6,7);;;. The van der Waals surface area contributed by atoms with Crippen LogP contribution in [0.2, 0.25) is 0 Å². The fourth-order valence-electron chi connectivity index (χ4n) is 0.526. The fourth-order valence-corrected chi connectivity index (χ4v) is 1.08. The van der Waals surface area contributed by atoms with E-state index in [1.54, 1.807) is 0 Å². The molecule has 0 aromatic heterocycles. The summed E-state index contributed by atoms with van der Waals surface area (Å²) in [5, 5.41) is 0. The first-order chi connectivity index (χ1) is 3.77. The molecule has 1 N–H and O–H groups in total. The van der Waals surface area contributed by atoms with Gasteiger partial charge in [0.2, 0.25) is 0 Å². The Bertz CT molecular complexity index is 77.4. The Balaban J connectivity index is 0. The predicted molar refractivity (Wildman–Crippen MR) is 44.2 cm³/mol. The Morgan fingerprint density at radius 2 is 2.00 bits per heavy atom. The summed E-state index contributed by atoms with van der Waals surface area (Å²) >= 11 is 0. The van der Waals surface area contributed by atoms with Crippen molar-refractivity contribution in [3.05, 3.63) is 0 Å². The first-order valence-corrected chi connectivity index (χ1v) is 4.55. The van der Waals surface area contributed by atoms with Gasteiger partial charge in [-0.3, -0.25) is 4.57 Å². The van der Waals surface area contributed by atoms with E-state index in [0.29, 0.717) is 6.16 Å². The van der Waals surface area contributed by atoms with Gasteiger partial charge in [0, 0.05) is 6.16 Å². The Morgan fingerprint density at radius 1 is 1.44 bits per heavy atom. The molecule has 0 saturated heterocycles. The van der Waals surface area contributed by atoms with Crippen LogP contribution in [0.15, 0.2) is 0 Å². The molecule has 0 radical (unpaired) electrons. The average molecular weight is 178 g/mol. The van der Waals surface area contributed by atoms with Crippen molar-refractivity contribution in [3.63, 3.8) is 0 Å². The van der Waals surface area contributed by atoms with E-state index >= 15 is 0 Å². The molecule has 0 bridgehead atoms. The maximum atomic E-state index is 10.1. The van der Waals surface area contributed by atoms with Gasteiger partial charge in [-0.25, -0.2) is 0 Å². The van der Waals surface area contributed by atoms with E-state index in [1.807, 2.05) is 0 Å². The van der Waals surface area contributed by atoms with E-state index in [2.05, 4.69) is 6.92 Å². The van der Waals surface area contributed by atoms with Crippen LogP contribution in [0.5, 0.6) is 0 Å². The molecular formula is C5H15CaO2P. The summed E-state index contributed by atoms with van der Waals surface area (Å²) in [6.45, 7) is 2.08. The summed E-state index contributed by atoms with van der Waals surface area (Å²) in [4.78, 5) is 8.33. The zero-order valence-electron chi connectivity index (χ0n) is 5.18. The van der Waals surface area contributed by atoms with Gasteiger partial charge in [0.1, 0.15) is 0 Å². The monoisotopic (exact) mass is 178 g/mol. The van der Waals surface area contributed by atoms with Gasteiger partial charge in [-0.2, -0.15) is 0 Å². The van der Waals surface area contributed by atoms with E-state index in [0.717, 1.165) is 19.3 Å². The van der Waals surface area contributed by atoms with Gasteiger partial charge in [0.25, 0.3) is 0 Å². The average Bonchev–Trinajstić information content (AvgIpc) is 1.66. The number of hydrogen-bond donors (Lipinski definition) is 1. The Hall–Kier alpha value is 1.45. The number of hydrogen-bond acceptors (Lipinski definition) is 1. The first kappa shape index (κ1) is 13.1. The molecule has 4 heteroatoms. The van der Waals surface area contributed by atoms with Gasteiger partial charge >= 0.3 is 37.7 Å². The van der Waals surface area contributed by atoms with Crippen LogP contribution < -0.4 is 0 Å². The van der Waals surface area contributed by atoms with Crippen molar-refractivity contribution >= 4 is 45.8 Å². The van der Waals surface area contributed by atoms with Crippen LogP contribution in [-0.4, -0.2) is 48.8 Å². The molecule has 54 valence electrons. The molecule has 0 saturated carbocycles. The quantitative estimate of drug-likeness (QED) is 0.391. The molecule has 0 aromatic carbocycles. The summed E-state index contributed by atoms with van der Waals surface area (Å²) in [6, 6.07) is 0. The predicted octanol–water partition coefficient (Wildman–Crippen LogP) is 0.727. The molecule has 0 heterocycles. The van der Waals surface area contributed by atoms with E-state index in [4.69, 9.17) is 4.89 Å². The van der Waals surface area contributed by atoms with E-state index in [1.165, 1.54) is 0 Å². The maximum absolute atomic E-state index is 10.1. The molecular weight excluding hydrogens is 163 g/mol. The molecule has 1 unspecified atom stereocenters. The molecule has 0 rings (SSSR count). The Morgan fingerprint density at radius 3 is 2.33 bits per heavy atom. The molecule has 0 fully saturated rings. The van der Waals surface area contributed by atoms with Crippen LogP contribution >= 0.6 is 8.03 Å². The van der Waals surface area contributed by atoms with Crippen LogP contribution in [-0.2, 0) is 4.57 Å². The number of rotatable bonds is 4. The fraction of sp³-hybridized carbons (Fsp3) is 1.00. The molecule has 0 amide bonds. The molecule has 0 aromatic rings. The molecule has 9 heavy (non-hydrogen) atoms. The van der Waals surface area contributed by atoms with Crippen molar-refractivity contribution in [2.24, 2.45) is 0 Å². The molecule has 0 spiro atoms. The third-order valence-corrected chi connectivity index (χ3v) is 1.78. The van der Waals surface area contributed by atoms with Crippen molar-refractivity contribution in [2.75, 3.05) is 6.16 Å². The number of unbranched alkanes of at least 4 members (excludes halogenated alkanes) is 2. The van der Waals surface area contributed by atoms with Crippen molar-refractivity contribution in [1.29, 1.82) is 0 Å². The van der Waals surface area contributed by atoms with Gasteiger partial charge in [-0.15, -0.1) is 0 Å². The van der Waals surface area contributed by atoms with Crippen LogP contribution in [0.1, 0.15) is 26.2 Å².